The second-order valence-electron chi connectivity index (χ2n) is 8.72. The van der Waals surface area contributed by atoms with E-state index in [-0.39, 0.29) is 25.2 Å². The van der Waals surface area contributed by atoms with Crippen molar-refractivity contribution in [1.29, 1.82) is 0 Å². The number of carbonyl (C=O) groups is 4. The van der Waals surface area contributed by atoms with E-state index in [9.17, 15) is 24.3 Å². The Hall–Kier alpha value is -4.46. The maximum Gasteiger partial charge on any atom is 0.326 e. The number of amides is 3. The van der Waals surface area contributed by atoms with Crippen molar-refractivity contribution in [2.45, 2.75) is 56.8 Å². The number of carbonyl (C=O) groups excluding carboxylic acids is 3. The summed E-state index contributed by atoms with van der Waals surface area (Å²) < 4.78 is 0. The highest BCUT2D eigenvalue weighted by Crippen LogP contribution is 2.05. The summed E-state index contributed by atoms with van der Waals surface area (Å²) in [7, 11) is 0. The molecule has 4 unspecified atom stereocenters. The highest BCUT2D eigenvalue weighted by Gasteiger charge is 2.29. The number of benzene rings is 1. The van der Waals surface area contributed by atoms with Gasteiger partial charge in [0.2, 0.25) is 17.7 Å². The van der Waals surface area contributed by atoms with Gasteiger partial charge >= 0.3 is 5.97 Å². The molecule has 0 aliphatic heterocycles. The zero-order chi connectivity index (χ0) is 28.1. The molecular formula is C24H35N9O5. The van der Waals surface area contributed by atoms with E-state index < -0.39 is 47.9 Å². The lowest BCUT2D eigenvalue weighted by atomic mass is 10.1. The third-order valence-corrected chi connectivity index (χ3v) is 5.57. The quantitative estimate of drug-likeness (QED) is 0.0731. The molecule has 3 amide bonds. The van der Waals surface area contributed by atoms with Crippen LogP contribution in [0.25, 0.3) is 0 Å². The van der Waals surface area contributed by atoms with Gasteiger partial charge in [0.05, 0.1) is 12.4 Å². The summed E-state index contributed by atoms with van der Waals surface area (Å²) in [4.78, 5) is 60.7. The first-order valence-electron chi connectivity index (χ1n) is 12.0. The summed E-state index contributed by atoms with van der Waals surface area (Å²) in [5, 5.41) is 17.1. The monoisotopic (exact) mass is 529 g/mol. The van der Waals surface area contributed by atoms with E-state index in [1.165, 1.54) is 19.4 Å². The van der Waals surface area contributed by atoms with E-state index in [0.29, 0.717) is 18.7 Å². The maximum absolute atomic E-state index is 13.0. The zero-order valence-corrected chi connectivity index (χ0v) is 21.1. The minimum absolute atomic E-state index is 0.0540. The Morgan fingerprint density at radius 2 is 1.68 bits per heavy atom. The summed E-state index contributed by atoms with van der Waals surface area (Å²) in [5.74, 6) is -3.19. The predicted octanol–water partition coefficient (Wildman–Crippen LogP) is -1.87. The minimum atomic E-state index is -1.21. The molecule has 14 nitrogen and oxygen atoms in total. The number of hydrogen-bond acceptors (Lipinski definition) is 7. The van der Waals surface area contributed by atoms with Crippen LogP contribution in [0.1, 0.15) is 31.0 Å². The SMILES string of the molecule is CC(NC(=O)C(Cc1cnc[nH]1)NC(=O)C(N)CCCN=C(N)N)C(=O)NC(Cc1ccccc1)C(=O)O. The molecule has 1 heterocycles. The Balaban J connectivity index is 2.00. The third-order valence-electron chi connectivity index (χ3n) is 5.57. The van der Waals surface area contributed by atoms with Gasteiger partial charge in [-0.05, 0) is 25.3 Å². The number of guanidine groups is 1. The van der Waals surface area contributed by atoms with Crippen LogP contribution in [0.5, 0.6) is 0 Å². The average Bonchev–Trinajstić information content (AvgIpc) is 3.39. The highest BCUT2D eigenvalue weighted by atomic mass is 16.4. The van der Waals surface area contributed by atoms with Gasteiger partial charge in [0.1, 0.15) is 18.1 Å². The lowest BCUT2D eigenvalue weighted by molar-refractivity contribution is -0.142. The number of aromatic amines is 1. The van der Waals surface area contributed by atoms with Crippen LogP contribution >= 0.6 is 0 Å². The number of nitrogens with one attached hydrogen (secondary N) is 4. The molecule has 38 heavy (non-hydrogen) atoms. The number of hydrogen-bond donors (Lipinski definition) is 8. The van der Waals surface area contributed by atoms with Gasteiger partial charge < -0.3 is 43.2 Å². The van der Waals surface area contributed by atoms with Crippen LogP contribution in [0.4, 0.5) is 0 Å². The Bertz CT molecular complexity index is 1090. The van der Waals surface area contributed by atoms with Crippen LogP contribution in [0.15, 0.2) is 47.8 Å². The van der Waals surface area contributed by atoms with E-state index in [1.54, 1.807) is 30.3 Å². The molecule has 0 bridgehead atoms. The molecule has 0 saturated carbocycles. The van der Waals surface area contributed by atoms with Crippen LogP contribution in [-0.2, 0) is 32.0 Å². The normalized spacial score (nSPS) is 13.8. The number of carboxylic acid groups (broad SMARTS) is 1. The van der Waals surface area contributed by atoms with Crippen LogP contribution in [0.2, 0.25) is 0 Å². The molecule has 206 valence electrons. The summed E-state index contributed by atoms with van der Waals surface area (Å²) in [5.41, 5.74) is 17.8. The number of rotatable bonds is 15. The first kappa shape index (κ1) is 29.8. The molecule has 0 saturated heterocycles. The molecule has 0 radical (unpaired) electrons. The average molecular weight is 530 g/mol. The van der Waals surface area contributed by atoms with Crippen molar-refractivity contribution in [3.63, 3.8) is 0 Å². The van der Waals surface area contributed by atoms with E-state index in [1.807, 2.05) is 0 Å². The second-order valence-corrected chi connectivity index (χ2v) is 8.72. The zero-order valence-electron chi connectivity index (χ0n) is 21.1. The van der Waals surface area contributed by atoms with Crippen LogP contribution in [0.3, 0.4) is 0 Å². The maximum atomic E-state index is 13.0. The number of aromatic nitrogens is 2. The van der Waals surface area contributed by atoms with Gasteiger partial charge in [-0.25, -0.2) is 9.78 Å². The van der Waals surface area contributed by atoms with Crippen LogP contribution in [-0.4, -0.2) is 75.4 Å². The number of aliphatic carboxylic acids is 1. The van der Waals surface area contributed by atoms with Crippen LogP contribution < -0.4 is 33.2 Å². The number of H-pyrrole nitrogens is 1. The lowest BCUT2D eigenvalue weighted by Crippen LogP contribution is -2.57. The second kappa shape index (κ2) is 14.9. The van der Waals surface area contributed by atoms with Gasteiger partial charge in [0, 0.05) is 31.3 Å². The fraction of sp³-hybridized carbons (Fsp3) is 0.417. The van der Waals surface area contributed by atoms with E-state index >= 15 is 0 Å². The third kappa shape index (κ3) is 10.3. The Morgan fingerprint density at radius 3 is 2.29 bits per heavy atom. The molecule has 14 heteroatoms. The van der Waals surface area contributed by atoms with E-state index in [2.05, 4.69) is 30.9 Å². The molecule has 2 rings (SSSR count). The Labute approximate surface area is 219 Å². The molecule has 0 aliphatic carbocycles. The van der Waals surface area contributed by atoms with Gasteiger partial charge in [0.15, 0.2) is 5.96 Å². The first-order valence-corrected chi connectivity index (χ1v) is 12.0. The number of nitrogens with zero attached hydrogens (tertiary/aromatic N) is 2. The summed E-state index contributed by atoms with van der Waals surface area (Å²) in [6.07, 6.45) is 3.78. The molecule has 11 N–H and O–H groups in total. The molecule has 0 spiro atoms. The van der Waals surface area contributed by atoms with Crippen molar-refractivity contribution in [3.05, 3.63) is 54.1 Å². The summed E-state index contributed by atoms with van der Waals surface area (Å²) in [6.45, 7) is 1.72. The fourth-order valence-corrected chi connectivity index (χ4v) is 3.48. The largest absolute Gasteiger partial charge is 0.480 e. The lowest BCUT2D eigenvalue weighted by Gasteiger charge is -2.23. The van der Waals surface area contributed by atoms with Crippen molar-refractivity contribution in [2.24, 2.45) is 22.2 Å². The van der Waals surface area contributed by atoms with Crippen molar-refractivity contribution < 1.29 is 24.3 Å². The van der Waals surface area contributed by atoms with Crippen molar-refractivity contribution in [3.8, 4) is 0 Å². The highest BCUT2D eigenvalue weighted by molar-refractivity contribution is 5.94. The Morgan fingerprint density at radius 1 is 1.00 bits per heavy atom. The van der Waals surface area contributed by atoms with Gasteiger partial charge in [0.25, 0.3) is 0 Å². The number of imidazole rings is 1. The summed E-state index contributed by atoms with van der Waals surface area (Å²) >= 11 is 0. The smallest absolute Gasteiger partial charge is 0.326 e. The first-order chi connectivity index (χ1) is 18.1. The number of nitrogens with two attached hydrogens (primary N) is 3. The number of carboxylic acids is 1. The van der Waals surface area contributed by atoms with Gasteiger partial charge in [-0.3, -0.25) is 19.4 Å². The number of aliphatic imine (C=N–C) groups is 1. The standard InChI is InChI=1S/C24H35N9O5/c1-14(20(34)33-19(23(37)38)10-15-6-3-2-4-7-15)31-22(36)18(11-16-12-28-13-30-16)32-21(35)17(25)8-5-9-29-24(26)27/h2-4,6-7,12-14,17-19H,5,8-11,25H2,1H3,(H,28,30)(H,31,36)(H,32,35)(H,33,34)(H,37,38)(H4,26,27,29). The molecular weight excluding hydrogens is 494 g/mol. The van der Waals surface area contributed by atoms with Gasteiger partial charge in [-0.1, -0.05) is 30.3 Å². The van der Waals surface area contributed by atoms with Crippen molar-refractivity contribution in [1.82, 2.24) is 25.9 Å². The van der Waals surface area contributed by atoms with Gasteiger partial charge in [-0.15, -0.1) is 0 Å². The molecule has 1 aromatic carbocycles. The van der Waals surface area contributed by atoms with Gasteiger partial charge in [-0.2, -0.15) is 0 Å². The minimum Gasteiger partial charge on any atom is -0.480 e. The predicted molar refractivity (Wildman–Crippen MR) is 139 cm³/mol. The molecule has 0 aliphatic rings. The molecule has 0 fully saturated rings. The van der Waals surface area contributed by atoms with Crippen molar-refractivity contribution >= 4 is 29.7 Å². The fourth-order valence-electron chi connectivity index (χ4n) is 3.48. The van der Waals surface area contributed by atoms with E-state index in [0.717, 1.165) is 5.56 Å². The molecule has 4 atom stereocenters. The van der Waals surface area contributed by atoms with Crippen molar-refractivity contribution in [2.75, 3.05) is 6.54 Å². The topological polar surface area (TPSA) is 244 Å². The Kier molecular flexibility index (Phi) is 11.7. The van der Waals surface area contributed by atoms with E-state index in [4.69, 9.17) is 17.2 Å². The molecule has 1 aromatic heterocycles. The molecule has 2 aromatic rings. The van der Waals surface area contributed by atoms with Crippen LogP contribution in [0, 0.1) is 0 Å². The summed E-state index contributed by atoms with van der Waals surface area (Å²) in [6, 6.07) is 4.55.